The highest BCUT2D eigenvalue weighted by atomic mass is 79.9. The van der Waals surface area contributed by atoms with Crippen LogP contribution in [0.5, 0.6) is 0 Å². The summed E-state index contributed by atoms with van der Waals surface area (Å²) < 4.78 is 0. The van der Waals surface area contributed by atoms with Gasteiger partial charge in [0.1, 0.15) is 6.04 Å². The van der Waals surface area contributed by atoms with Crippen molar-refractivity contribution in [2.45, 2.75) is 50.4 Å². The summed E-state index contributed by atoms with van der Waals surface area (Å²) in [6, 6.07) is -0.424. The van der Waals surface area contributed by atoms with Crippen molar-refractivity contribution in [3.05, 3.63) is 0 Å². The lowest BCUT2D eigenvalue weighted by molar-refractivity contribution is -0.136. The van der Waals surface area contributed by atoms with Crippen LogP contribution in [0, 0.1) is 0 Å². The lowest BCUT2D eigenvalue weighted by atomic mass is 10.1. The summed E-state index contributed by atoms with van der Waals surface area (Å²) in [6.45, 7) is 5.33. The Labute approximate surface area is 111 Å². The van der Waals surface area contributed by atoms with E-state index in [4.69, 9.17) is 0 Å². The molecule has 1 rings (SSSR count). The minimum Gasteiger partial charge on any atom is -0.344 e. The second-order valence-corrected chi connectivity index (χ2v) is 5.60. The number of rotatable bonds is 4. The van der Waals surface area contributed by atoms with Gasteiger partial charge in [0, 0.05) is 13.1 Å². The molecule has 17 heavy (non-hydrogen) atoms. The Morgan fingerprint density at radius 2 is 1.88 bits per heavy atom. The molecule has 98 valence electrons. The first-order chi connectivity index (χ1) is 8.06. The Bertz CT molecular complexity index is 278. The molecule has 4 nitrogen and oxygen atoms in total. The van der Waals surface area contributed by atoms with Gasteiger partial charge in [-0.25, -0.2) is 0 Å². The molecule has 1 fully saturated rings. The lowest BCUT2D eigenvalue weighted by Gasteiger charge is -2.29. The summed E-state index contributed by atoms with van der Waals surface area (Å²) in [4.78, 5) is 25.3. The Hall–Kier alpha value is -0.580. The van der Waals surface area contributed by atoms with Crippen molar-refractivity contribution in [1.82, 2.24) is 10.2 Å². The maximum atomic E-state index is 12.0. The van der Waals surface area contributed by atoms with Crippen molar-refractivity contribution in [3.63, 3.8) is 0 Å². The topological polar surface area (TPSA) is 49.4 Å². The van der Waals surface area contributed by atoms with Crippen molar-refractivity contribution in [1.29, 1.82) is 0 Å². The molecule has 2 atom stereocenters. The standard InChI is InChI=1S/C12H21BrN2O2/c1-3-10(13)11(16)14-9(2)12(17)15-7-5-4-6-8-15/h9-10H,3-8H2,1-2H3,(H,14,16). The SMILES string of the molecule is CCC(Br)C(=O)NC(C)C(=O)N1CCCCC1. The highest BCUT2D eigenvalue weighted by Crippen LogP contribution is 2.10. The van der Waals surface area contributed by atoms with E-state index in [9.17, 15) is 9.59 Å². The minimum absolute atomic E-state index is 0.0360. The smallest absolute Gasteiger partial charge is 0.244 e. The molecule has 0 radical (unpaired) electrons. The average Bonchev–Trinajstić information content (AvgIpc) is 2.37. The zero-order valence-electron chi connectivity index (χ0n) is 10.5. The van der Waals surface area contributed by atoms with Gasteiger partial charge in [-0.3, -0.25) is 9.59 Å². The normalized spacial score (nSPS) is 19.6. The van der Waals surface area contributed by atoms with Gasteiger partial charge in [-0.1, -0.05) is 22.9 Å². The van der Waals surface area contributed by atoms with E-state index in [0.717, 1.165) is 32.4 Å². The number of piperidine rings is 1. The number of nitrogens with one attached hydrogen (secondary N) is 1. The first-order valence-electron chi connectivity index (χ1n) is 6.29. The van der Waals surface area contributed by atoms with Gasteiger partial charge < -0.3 is 10.2 Å². The van der Waals surface area contributed by atoms with E-state index < -0.39 is 6.04 Å². The first kappa shape index (κ1) is 14.5. The number of nitrogens with zero attached hydrogens (tertiary/aromatic N) is 1. The fraction of sp³-hybridized carbons (Fsp3) is 0.833. The molecule has 1 aliphatic rings. The van der Waals surface area contributed by atoms with Gasteiger partial charge in [-0.15, -0.1) is 0 Å². The zero-order valence-corrected chi connectivity index (χ0v) is 12.1. The van der Waals surface area contributed by atoms with Crippen LogP contribution in [-0.2, 0) is 9.59 Å². The largest absolute Gasteiger partial charge is 0.344 e. The summed E-state index contributed by atoms with van der Waals surface area (Å²) in [6.07, 6.45) is 4.06. The molecule has 0 aromatic rings. The Balaban J connectivity index is 2.43. The number of carbonyl (C=O) groups is 2. The molecule has 0 saturated carbocycles. The Kier molecular flexibility index (Phi) is 5.95. The molecule has 1 N–H and O–H groups in total. The second-order valence-electron chi connectivity index (χ2n) is 4.49. The molecule has 1 saturated heterocycles. The quantitative estimate of drug-likeness (QED) is 0.803. The number of hydrogen-bond donors (Lipinski definition) is 1. The van der Waals surface area contributed by atoms with E-state index in [2.05, 4.69) is 21.2 Å². The van der Waals surface area contributed by atoms with Crippen molar-refractivity contribution in [2.75, 3.05) is 13.1 Å². The summed E-state index contributed by atoms with van der Waals surface area (Å²) >= 11 is 3.28. The van der Waals surface area contributed by atoms with Crippen molar-refractivity contribution in [3.8, 4) is 0 Å². The fourth-order valence-corrected chi connectivity index (χ4v) is 2.07. The molecule has 0 spiro atoms. The third kappa shape index (κ3) is 4.30. The van der Waals surface area contributed by atoms with Crippen LogP contribution < -0.4 is 5.32 Å². The van der Waals surface area contributed by atoms with Gasteiger partial charge in [-0.05, 0) is 32.6 Å². The Morgan fingerprint density at radius 1 is 1.29 bits per heavy atom. The molecule has 2 unspecified atom stereocenters. The average molecular weight is 305 g/mol. The van der Waals surface area contributed by atoms with Gasteiger partial charge in [0.2, 0.25) is 11.8 Å². The third-order valence-electron chi connectivity index (χ3n) is 3.04. The molecule has 5 heteroatoms. The maximum absolute atomic E-state index is 12.0. The third-order valence-corrected chi connectivity index (χ3v) is 4.10. The molecular formula is C12H21BrN2O2. The van der Waals surface area contributed by atoms with Crippen molar-refractivity contribution >= 4 is 27.7 Å². The summed E-state index contributed by atoms with van der Waals surface area (Å²) in [5.41, 5.74) is 0. The molecular weight excluding hydrogens is 284 g/mol. The van der Waals surface area contributed by atoms with Crippen LogP contribution in [0.25, 0.3) is 0 Å². The molecule has 0 aromatic carbocycles. The molecule has 0 aromatic heterocycles. The predicted molar refractivity (Wildman–Crippen MR) is 71.0 cm³/mol. The Morgan fingerprint density at radius 3 is 2.41 bits per heavy atom. The van der Waals surface area contributed by atoms with Crippen LogP contribution in [-0.4, -0.2) is 40.7 Å². The summed E-state index contributed by atoms with van der Waals surface area (Å²) in [7, 11) is 0. The van der Waals surface area contributed by atoms with Gasteiger partial charge in [0.05, 0.1) is 4.83 Å². The number of alkyl halides is 1. The summed E-state index contributed by atoms with van der Waals surface area (Å²) in [5, 5.41) is 2.75. The number of hydrogen-bond acceptors (Lipinski definition) is 2. The zero-order chi connectivity index (χ0) is 12.8. The molecule has 1 aliphatic heterocycles. The first-order valence-corrected chi connectivity index (χ1v) is 7.21. The minimum atomic E-state index is -0.424. The van der Waals surface area contributed by atoms with Crippen LogP contribution in [0.15, 0.2) is 0 Å². The van der Waals surface area contributed by atoms with Crippen LogP contribution in [0.2, 0.25) is 0 Å². The van der Waals surface area contributed by atoms with Crippen LogP contribution in [0.3, 0.4) is 0 Å². The molecule has 0 aliphatic carbocycles. The number of amides is 2. The number of likely N-dealkylation sites (tertiary alicyclic amines) is 1. The van der Waals surface area contributed by atoms with Crippen LogP contribution >= 0.6 is 15.9 Å². The highest BCUT2D eigenvalue weighted by Gasteiger charge is 2.24. The van der Waals surface area contributed by atoms with E-state index >= 15 is 0 Å². The molecule has 2 amide bonds. The van der Waals surface area contributed by atoms with Crippen LogP contribution in [0.4, 0.5) is 0 Å². The van der Waals surface area contributed by atoms with E-state index in [0.29, 0.717) is 0 Å². The van der Waals surface area contributed by atoms with E-state index in [1.165, 1.54) is 6.42 Å². The summed E-state index contributed by atoms with van der Waals surface area (Å²) in [5.74, 6) is -0.0702. The predicted octanol–water partition coefficient (Wildman–Crippen LogP) is 1.68. The van der Waals surface area contributed by atoms with E-state index in [1.807, 2.05) is 11.8 Å². The molecule has 0 bridgehead atoms. The monoisotopic (exact) mass is 304 g/mol. The fourth-order valence-electron chi connectivity index (χ4n) is 1.94. The van der Waals surface area contributed by atoms with Gasteiger partial charge in [0.25, 0.3) is 0 Å². The van der Waals surface area contributed by atoms with Crippen molar-refractivity contribution < 1.29 is 9.59 Å². The van der Waals surface area contributed by atoms with E-state index in [1.54, 1.807) is 6.92 Å². The van der Waals surface area contributed by atoms with Crippen molar-refractivity contribution in [2.24, 2.45) is 0 Å². The second kappa shape index (κ2) is 6.99. The van der Waals surface area contributed by atoms with E-state index in [-0.39, 0.29) is 16.6 Å². The van der Waals surface area contributed by atoms with Crippen LogP contribution in [0.1, 0.15) is 39.5 Å². The van der Waals surface area contributed by atoms with Gasteiger partial charge in [-0.2, -0.15) is 0 Å². The molecule has 1 heterocycles. The number of carbonyl (C=O) groups excluding carboxylic acids is 2. The number of halogens is 1. The lowest BCUT2D eigenvalue weighted by Crippen LogP contribution is -2.49. The highest BCUT2D eigenvalue weighted by molar-refractivity contribution is 9.10. The van der Waals surface area contributed by atoms with Gasteiger partial charge in [0.15, 0.2) is 0 Å². The van der Waals surface area contributed by atoms with Gasteiger partial charge >= 0.3 is 0 Å². The maximum Gasteiger partial charge on any atom is 0.244 e.